The molecule has 25 heavy (non-hydrogen) atoms. The number of thiazole rings is 1. The van der Waals surface area contributed by atoms with Gasteiger partial charge in [-0.15, -0.1) is 35.3 Å². The molecule has 0 spiro atoms. The van der Waals surface area contributed by atoms with E-state index in [4.69, 9.17) is 9.73 Å². The summed E-state index contributed by atoms with van der Waals surface area (Å²) in [6, 6.07) is 0.539. The van der Waals surface area contributed by atoms with E-state index in [2.05, 4.69) is 32.8 Å². The maximum absolute atomic E-state index is 5.21. The quantitative estimate of drug-likeness (QED) is 0.322. The van der Waals surface area contributed by atoms with Crippen molar-refractivity contribution in [3.63, 3.8) is 0 Å². The van der Waals surface area contributed by atoms with Crippen molar-refractivity contribution in [3.05, 3.63) is 16.1 Å². The van der Waals surface area contributed by atoms with Crippen LogP contribution in [0.5, 0.6) is 0 Å². The van der Waals surface area contributed by atoms with Crippen molar-refractivity contribution >= 4 is 41.3 Å². The monoisotopic (exact) mass is 481 g/mol. The second kappa shape index (κ2) is 12.8. The van der Waals surface area contributed by atoms with E-state index in [0.717, 1.165) is 62.4 Å². The number of nitrogens with one attached hydrogen (secondary N) is 2. The summed E-state index contributed by atoms with van der Waals surface area (Å²) in [6.45, 7) is 9.68. The Morgan fingerprint density at radius 1 is 1.48 bits per heavy atom. The lowest BCUT2D eigenvalue weighted by Gasteiger charge is -2.23. The number of halogens is 1. The Labute approximate surface area is 172 Å². The first-order valence-electron chi connectivity index (χ1n) is 8.89. The molecule has 1 atom stereocenters. The molecule has 2 heterocycles. The summed E-state index contributed by atoms with van der Waals surface area (Å²) in [4.78, 5) is 11.8. The lowest BCUT2D eigenvalue weighted by Crippen LogP contribution is -2.40. The van der Waals surface area contributed by atoms with Crippen molar-refractivity contribution < 1.29 is 4.74 Å². The SMILES string of the molecule is CCNC(=NCC1CCCN1CCOC)NCCc1csc(C)n1.I. The first kappa shape index (κ1) is 22.6. The third-order valence-electron chi connectivity index (χ3n) is 4.23. The molecule has 0 radical (unpaired) electrons. The minimum absolute atomic E-state index is 0. The number of methoxy groups -OCH3 is 1. The second-order valence-corrected chi connectivity index (χ2v) is 7.14. The first-order chi connectivity index (χ1) is 11.7. The van der Waals surface area contributed by atoms with Crippen LogP contribution < -0.4 is 10.6 Å². The normalized spacial score (nSPS) is 18.2. The van der Waals surface area contributed by atoms with E-state index in [1.54, 1.807) is 18.4 Å². The Bertz CT molecular complexity index is 511. The van der Waals surface area contributed by atoms with Gasteiger partial charge in [-0.1, -0.05) is 0 Å². The summed E-state index contributed by atoms with van der Waals surface area (Å²) in [6.07, 6.45) is 3.42. The van der Waals surface area contributed by atoms with Crippen molar-refractivity contribution in [1.29, 1.82) is 0 Å². The van der Waals surface area contributed by atoms with Gasteiger partial charge in [0.05, 0.1) is 23.9 Å². The predicted octanol–water partition coefficient (Wildman–Crippen LogP) is 2.28. The summed E-state index contributed by atoms with van der Waals surface area (Å²) in [7, 11) is 1.76. The number of nitrogens with zero attached hydrogens (tertiary/aromatic N) is 3. The molecule has 1 unspecified atom stereocenters. The van der Waals surface area contributed by atoms with E-state index in [0.29, 0.717) is 6.04 Å². The van der Waals surface area contributed by atoms with Crippen LogP contribution in [0.15, 0.2) is 10.4 Å². The third kappa shape index (κ3) is 8.19. The van der Waals surface area contributed by atoms with Gasteiger partial charge in [0, 0.05) is 44.6 Å². The van der Waals surface area contributed by atoms with Crippen LogP contribution in [0.1, 0.15) is 30.5 Å². The molecule has 0 saturated carbocycles. The van der Waals surface area contributed by atoms with Crippen molar-refractivity contribution in [3.8, 4) is 0 Å². The largest absolute Gasteiger partial charge is 0.383 e. The molecule has 0 amide bonds. The van der Waals surface area contributed by atoms with Gasteiger partial charge in [0.15, 0.2) is 5.96 Å². The van der Waals surface area contributed by atoms with Gasteiger partial charge >= 0.3 is 0 Å². The van der Waals surface area contributed by atoms with Crippen molar-refractivity contribution in [2.45, 2.75) is 39.2 Å². The average Bonchev–Trinajstić information content (AvgIpc) is 3.19. The molecule has 1 aliphatic heterocycles. The van der Waals surface area contributed by atoms with Gasteiger partial charge in [0.1, 0.15) is 0 Å². The van der Waals surface area contributed by atoms with E-state index in [1.807, 2.05) is 6.92 Å². The molecule has 1 fully saturated rings. The summed E-state index contributed by atoms with van der Waals surface area (Å²) in [5, 5.41) is 10.0. The summed E-state index contributed by atoms with van der Waals surface area (Å²) < 4.78 is 5.21. The fourth-order valence-corrected chi connectivity index (χ4v) is 3.62. The molecular formula is C17H32IN5OS. The fraction of sp³-hybridized carbons (Fsp3) is 0.765. The lowest BCUT2D eigenvalue weighted by atomic mass is 10.2. The highest BCUT2D eigenvalue weighted by Crippen LogP contribution is 2.16. The highest BCUT2D eigenvalue weighted by Gasteiger charge is 2.23. The van der Waals surface area contributed by atoms with E-state index < -0.39 is 0 Å². The van der Waals surface area contributed by atoms with E-state index in [1.165, 1.54) is 12.8 Å². The number of aryl methyl sites for hydroxylation is 1. The van der Waals surface area contributed by atoms with Crippen LogP contribution in [-0.2, 0) is 11.2 Å². The van der Waals surface area contributed by atoms with Crippen LogP contribution >= 0.6 is 35.3 Å². The maximum Gasteiger partial charge on any atom is 0.191 e. The Kier molecular flexibility index (Phi) is 11.6. The van der Waals surface area contributed by atoms with Crippen LogP contribution in [0.2, 0.25) is 0 Å². The molecule has 2 N–H and O–H groups in total. The lowest BCUT2D eigenvalue weighted by molar-refractivity contribution is 0.142. The van der Waals surface area contributed by atoms with Gasteiger partial charge < -0.3 is 15.4 Å². The highest BCUT2D eigenvalue weighted by molar-refractivity contribution is 14.0. The number of hydrogen-bond acceptors (Lipinski definition) is 5. The maximum atomic E-state index is 5.21. The topological polar surface area (TPSA) is 61.8 Å². The molecular weight excluding hydrogens is 449 g/mol. The van der Waals surface area contributed by atoms with E-state index >= 15 is 0 Å². The molecule has 1 aliphatic rings. The van der Waals surface area contributed by atoms with Crippen LogP contribution in [0.4, 0.5) is 0 Å². The zero-order valence-corrected chi connectivity index (χ0v) is 18.7. The zero-order chi connectivity index (χ0) is 17.2. The fourth-order valence-electron chi connectivity index (χ4n) is 2.98. The minimum atomic E-state index is 0. The number of ether oxygens (including phenoxy) is 1. The number of aromatic nitrogens is 1. The molecule has 1 aromatic rings. The van der Waals surface area contributed by atoms with Gasteiger partial charge in [-0.2, -0.15) is 0 Å². The Hall–Kier alpha value is -0.450. The standard InChI is InChI=1S/C17H31N5OS.HI/c1-4-18-17(19-8-7-15-13-24-14(2)21-15)20-12-16-6-5-9-22(16)10-11-23-3;/h13,16H,4-12H2,1-3H3,(H2,18,19,20);1H. The smallest absolute Gasteiger partial charge is 0.191 e. The summed E-state index contributed by atoms with van der Waals surface area (Å²) in [5.74, 6) is 0.906. The minimum Gasteiger partial charge on any atom is -0.383 e. The number of guanidine groups is 1. The van der Waals surface area contributed by atoms with Gasteiger partial charge in [-0.05, 0) is 33.2 Å². The summed E-state index contributed by atoms with van der Waals surface area (Å²) in [5.41, 5.74) is 1.15. The molecule has 0 aliphatic carbocycles. The highest BCUT2D eigenvalue weighted by atomic mass is 127. The molecule has 144 valence electrons. The van der Waals surface area contributed by atoms with Crippen LogP contribution in [-0.4, -0.2) is 68.3 Å². The van der Waals surface area contributed by atoms with E-state index in [-0.39, 0.29) is 24.0 Å². The number of likely N-dealkylation sites (tertiary alicyclic amines) is 1. The first-order valence-corrected chi connectivity index (χ1v) is 9.77. The number of rotatable bonds is 9. The molecule has 1 aromatic heterocycles. The third-order valence-corrected chi connectivity index (χ3v) is 5.05. The van der Waals surface area contributed by atoms with Crippen molar-refractivity contribution in [2.24, 2.45) is 4.99 Å². The average molecular weight is 481 g/mol. The Morgan fingerprint density at radius 2 is 2.32 bits per heavy atom. The van der Waals surface area contributed by atoms with Crippen molar-refractivity contribution in [1.82, 2.24) is 20.5 Å². The molecule has 8 heteroatoms. The predicted molar refractivity (Wildman–Crippen MR) is 116 cm³/mol. The van der Waals surface area contributed by atoms with Crippen molar-refractivity contribution in [2.75, 3.05) is 46.4 Å². The van der Waals surface area contributed by atoms with Crippen LogP contribution in [0.25, 0.3) is 0 Å². The van der Waals surface area contributed by atoms with Crippen LogP contribution in [0, 0.1) is 6.92 Å². The Balaban J connectivity index is 0.00000312. The molecule has 0 aromatic carbocycles. The molecule has 6 nitrogen and oxygen atoms in total. The zero-order valence-electron chi connectivity index (χ0n) is 15.6. The summed E-state index contributed by atoms with van der Waals surface area (Å²) >= 11 is 1.71. The molecule has 2 rings (SSSR count). The second-order valence-electron chi connectivity index (χ2n) is 6.08. The van der Waals surface area contributed by atoms with Gasteiger partial charge in [0.25, 0.3) is 0 Å². The number of hydrogen-bond donors (Lipinski definition) is 2. The number of aliphatic imine (C=N–C) groups is 1. The van der Waals surface area contributed by atoms with Gasteiger partial charge in [-0.3, -0.25) is 9.89 Å². The van der Waals surface area contributed by atoms with E-state index in [9.17, 15) is 0 Å². The Morgan fingerprint density at radius 3 is 3.00 bits per heavy atom. The van der Waals surface area contributed by atoms with Crippen LogP contribution in [0.3, 0.4) is 0 Å². The van der Waals surface area contributed by atoms with Gasteiger partial charge in [0.2, 0.25) is 0 Å². The molecule has 0 bridgehead atoms. The van der Waals surface area contributed by atoms with Gasteiger partial charge in [-0.25, -0.2) is 4.98 Å². The molecule has 1 saturated heterocycles.